The van der Waals surface area contributed by atoms with Crippen LogP contribution in [-0.4, -0.2) is 86.9 Å². The second-order valence-electron chi connectivity index (χ2n) is 8.06. The predicted molar refractivity (Wildman–Crippen MR) is 142 cm³/mol. The minimum Gasteiger partial charge on any atom is -0.419 e. The van der Waals surface area contributed by atoms with Crippen molar-refractivity contribution in [3.8, 4) is 17.3 Å². The number of aryl methyl sites for hydroxylation is 1. The molecule has 214 valence electrons. The normalized spacial score (nSPS) is 13.1. The van der Waals surface area contributed by atoms with Crippen molar-refractivity contribution < 1.29 is 33.9 Å². The predicted octanol–water partition coefficient (Wildman–Crippen LogP) is -0.940. The van der Waals surface area contributed by atoms with Crippen molar-refractivity contribution in [2.75, 3.05) is 30.3 Å². The largest absolute Gasteiger partial charge is 0.419 e. The summed E-state index contributed by atoms with van der Waals surface area (Å²) in [7, 11) is 0. The van der Waals surface area contributed by atoms with E-state index in [1.165, 1.54) is 0 Å². The number of nitrogens with one attached hydrogen (secondary N) is 3. The molecule has 0 saturated carbocycles. The molecule has 0 bridgehead atoms. The fourth-order valence-electron chi connectivity index (χ4n) is 3.15. The smallest absolute Gasteiger partial charge is 0.323 e. The first-order chi connectivity index (χ1) is 19.3. The van der Waals surface area contributed by atoms with E-state index in [9.17, 15) is 14.4 Å². The Bertz CT molecular complexity index is 1340. The molecule has 0 amide bonds. The number of benzene rings is 1. The summed E-state index contributed by atoms with van der Waals surface area (Å²) < 4.78 is 20.0. The molecule has 0 radical (unpaired) electrons. The Morgan fingerprint density at radius 1 is 0.975 bits per heavy atom. The third-order valence-electron chi connectivity index (χ3n) is 4.88. The molecule has 3 unspecified atom stereocenters. The van der Waals surface area contributed by atoms with Gasteiger partial charge in [0.1, 0.15) is 17.5 Å². The van der Waals surface area contributed by atoms with E-state index in [1.807, 2.05) is 31.2 Å². The number of hydrogen-bond donors (Lipinski definition) is 7. The highest BCUT2D eigenvalue weighted by molar-refractivity contribution is 7.85. The van der Waals surface area contributed by atoms with E-state index in [4.69, 9.17) is 15.1 Å². The average molecular weight is 576 g/mol. The molecular formula is C23H29N9O7S. The maximum absolute atomic E-state index is 11.1. The topological polar surface area (TPSA) is 230 Å². The van der Waals surface area contributed by atoms with Gasteiger partial charge in [0.05, 0.1) is 18.0 Å². The highest BCUT2D eigenvalue weighted by Crippen LogP contribution is 2.14. The van der Waals surface area contributed by atoms with Crippen molar-refractivity contribution in [1.29, 1.82) is 0 Å². The minimum absolute atomic E-state index is 0.0144. The average Bonchev–Trinajstić information content (AvgIpc) is 2.92. The van der Waals surface area contributed by atoms with Gasteiger partial charge in [-0.1, -0.05) is 31.2 Å². The third-order valence-corrected chi connectivity index (χ3v) is 5.28. The molecule has 3 rings (SSSR count). The number of aromatic nitrogens is 6. The summed E-state index contributed by atoms with van der Waals surface area (Å²) in [4.78, 5) is 25.4. The molecule has 0 saturated heterocycles. The maximum Gasteiger partial charge on any atom is 0.323 e. The molecule has 0 aliphatic carbocycles. The molecule has 2 aromatic heterocycles. The van der Waals surface area contributed by atoms with Crippen LogP contribution in [0.5, 0.6) is 6.01 Å². The van der Waals surface area contributed by atoms with Crippen molar-refractivity contribution in [2.45, 2.75) is 39.2 Å². The van der Waals surface area contributed by atoms with Crippen LogP contribution in [0.4, 0.5) is 11.9 Å². The molecule has 0 aliphatic rings. The zero-order valence-electron chi connectivity index (χ0n) is 21.6. The quantitative estimate of drug-likeness (QED) is 0.0404. The number of hydrogen-bond acceptors (Lipinski definition) is 16. The second kappa shape index (κ2) is 15.6. The van der Waals surface area contributed by atoms with Crippen molar-refractivity contribution in [1.82, 2.24) is 35.2 Å². The highest BCUT2D eigenvalue weighted by atomic mass is 32.2. The molecule has 17 heteroatoms. The van der Waals surface area contributed by atoms with Crippen LogP contribution < -0.4 is 20.7 Å². The van der Waals surface area contributed by atoms with Crippen LogP contribution in [-0.2, 0) is 28.3 Å². The van der Waals surface area contributed by atoms with Crippen LogP contribution in [0.3, 0.4) is 0 Å². The number of nitrogens with zero attached hydrogens (tertiary/aromatic N) is 6. The monoisotopic (exact) mass is 575 g/mol. The Labute approximate surface area is 231 Å². The summed E-state index contributed by atoms with van der Waals surface area (Å²) in [6, 6.07) is 9.89. The van der Waals surface area contributed by atoms with Gasteiger partial charge in [-0.3, -0.25) is 10.6 Å². The van der Waals surface area contributed by atoms with Gasteiger partial charge < -0.3 is 25.4 Å². The Morgan fingerprint density at radius 2 is 1.62 bits per heavy atom. The molecule has 0 fully saturated rings. The lowest BCUT2D eigenvalue weighted by Crippen LogP contribution is -2.34. The van der Waals surface area contributed by atoms with Crippen molar-refractivity contribution in [2.24, 2.45) is 0 Å². The fourth-order valence-corrected chi connectivity index (χ4v) is 3.32. The number of ether oxygens (including phenoxy) is 1. The number of rotatable bonds is 14. The lowest BCUT2D eigenvalue weighted by molar-refractivity contribution is -0.122. The Hall–Kier alpha value is -3.89. The van der Waals surface area contributed by atoms with Crippen LogP contribution in [0.25, 0.3) is 0 Å². The van der Waals surface area contributed by atoms with E-state index in [-0.39, 0.29) is 24.5 Å². The van der Waals surface area contributed by atoms with Gasteiger partial charge in [0.15, 0.2) is 0 Å². The van der Waals surface area contributed by atoms with Gasteiger partial charge in [-0.15, -0.1) is 4.33 Å². The summed E-state index contributed by atoms with van der Waals surface area (Å²) in [5.41, 5.74) is 1.79. The second-order valence-corrected chi connectivity index (χ2v) is 8.88. The molecule has 1 aromatic carbocycles. The van der Waals surface area contributed by atoms with Crippen LogP contribution in [0.1, 0.15) is 35.5 Å². The zero-order valence-corrected chi connectivity index (χ0v) is 22.4. The van der Waals surface area contributed by atoms with Crippen LogP contribution in [0, 0.1) is 18.2 Å². The Kier molecular flexibility index (Phi) is 12.0. The highest BCUT2D eigenvalue weighted by Gasteiger charge is 2.12. The molecule has 40 heavy (non-hydrogen) atoms. The van der Waals surface area contributed by atoms with Gasteiger partial charge in [-0.2, -0.15) is 24.9 Å². The summed E-state index contributed by atoms with van der Waals surface area (Å²) in [6.45, 7) is 3.58. The van der Waals surface area contributed by atoms with E-state index in [1.54, 1.807) is 6.92 Å². The van der Waals surface area contributed by atoms with E-state index < -0.39 is 30.2 Å². The maximum atomic E-state index is 11.1. The molecule has 0 aliphatic heterocycles. The SMILES string of the molecule is CCNC(O)Oc1nc(C)nc(Cc2ccc(Cc3nc(NC#CS(=O)OO)nc(NCC(O)CO)n3)cc2)n1. The van der Waals surface area contributed by atoms with Gasteiger partial charge in [0.2, 0.25) is 11.9 Å². The van der Waals surface area contributed by atoms with E-state index >= 15 is 0 Å². The van der Waals surface area contributed by atoms with E-state index in [0.717, 1.165) is 11.1 Å². The standard InChI is InChI=1S/C23H29N9O7S/c1-3-24-23(35)38-22-28-14(2)27-18(31-22)10-15-4-6-16(7-5-15)11-19-29-20(25-8-9-40(37)39-36)32-21(30-19)26-12-17(34)13-33/h4-7,17,23-24,33-36H,3,10-13H2,1-2H3,(H2,25,26,29,30,32). The number of aliphatic hydroxyl groups is 3. The van der Waals surface area contributed by atoms with E-state index in [0.29, 0.717) is 36.9 Å². The molecule has 3 atom stereocenters. The number of anilines is 2. The Morgan fingerprint density at radius 3 is 2.25 bits per heavy atom. The molecule has 16 nitrogen and oxygen atoms in total. The van der Waals surface area contributed by atoms with Gasteiger partial charge in [0, 0.05) is 25.4 Å². The fraction of sp³-hybridized carbons (Fsp3) is 0.391. The third kappa shape index (κ3) is 10.3. The molecule has 7 N–H and O–H groups in total. The molecular weight excluding hydrogens is 546 g/mol. The first-order valence-electron chi connectivity index (χ1n) is 11.9. The molecule has 0 spiro atoms. The van der Waals surface area contributed by atoms with Crippen molar-refractivity contribution >= 4 is 23.0 Å². The Balaban J connectivity index is 1.73. The van der Waals surface area contributed by atoms with Crippen LogP contribution in [0.15, 0.2) is 24.3 Å². The van der Waals surface area contributed by atoms with E-state index in [2.05, 4.69) is 61.5 Å². The first-order valence-corrected chi connectivity index (χ1v) is 13.0. The number of aliphatic hydroxyl groups excluding tert-OH is 3. The molecule has 3 aromatic rings. The summed E-state index contributed by atoms with van der Waals surface area (Å²) in [6.07, 6.45) is -1.55. The van der Waals surface area contributed by atoms with Crippen molar-refractivity contribution in [3.63, 3.8) is 0 Å². The minimum atomic E-state index is -2.23. The van der Waals surface area contributed by atoms with Gasteiger partial charge >= 0.3 is 6.01 Å². The van der Waals surface area contributed by atoms with Crippen LogP contribution >= 0.6 is 0 Å². The van der Waals surface area contributed by atoms with Gasteiger partial charge in [-0.05, 0) is 24.6 Å². The van der Waals surface area contributed by atoms with Crippen molar-refractivity contribution in [3.05, 3.63) is 52.9 Å². The first kappa shape index (κ1) is 30.6. The van der Waals surface area contributed by atoms with Crippen LogP contribution in [0.2, 0.25) is 0 Å². The van der Waals surface area contributed by atoms with Gasteiger partial charge in [0.25, 0.3) is 17.5 Å². The summed E-state index contributed by atoms with van der Waals surface area (Å²) in [5, 5.41) is 46.9. The molecule has 2 heterocycles. The van der Waals surface area contributed by atoms with Gasteiger partial charge in [-0.25, -0.2) is 14.5 Å². The lowest BCUT2D eigenvalue weighted by Gasteiger charge is -2.13. The summed E-state index contributed by atoms with van der Waals surface area (Å²) >= 11 is -2.23. The zero-order chi connectivity index (χ0) is 28.9. The lowest BCUT2D eigenvalue weighted by atomic mass is 10.1. The summed E-state index contributed by atoms with van der Waals surface area (Å²) in [5.74, 6) is 1.41.